The average Bonchev–Trinajstić information content (AvgIpc) is 3.48. The van der Waals surface area contributed by atoms with Gasteiger partial charge in [0.1, 0.15) is 11.8 Å². The number of thioether (sulfide) groups is 1. The van der Waals surface area contributed by atoms with Crippen LogP contribution in [0.15, 0.2) is 76.6 Å². The van der Waals surface area contributed by atoms with Crippen molar-refractivity contribution in [2.75, 3.05) is 23.9 Å². The number of nitrogens with zero attached hydrogens (tertiary/aromatic N) is 2. The molecular weight excluding hydrogens is 631 g/mol. The molecule has 1 saturated heterocycles. The molecule has 0 spiro atoms. The van der Waals surface area contributed by atoms with Crippen LogP contribution in [0.4, 0.5) is 11.4 Å². The first kappa shape index (κ1) is 31.1. The number of benzene rings is 3. The lowest BCUT2D eigenvalue weighted by molar-refractivity contribution is -0.122. The van der Waals surface area contributed by atoms with Crippen LogP contribution in [0.25, 0.3) is 0 Å². The molecule has 2 N–H and O–H groups in total. The number of hydrogen-bond donors (Lipinski definition) is 2. The highest BCUT2D eigenvalue weighted by atomic mass is 32.2. The number of thiazole rings is 1. The van der Waals surface area contributed by atoms with Gasteiger partial charge in [0.2, 0.25) is 17.7 Å². The third kappa shape index (κ3) is 5.56. The molecule has 2 aliphatic rings. The van der Waals surface area contributed by atoms with E-state index in [0.29, 0.717) is 26.8 Å². The summed E-state index contributed by atoms with van der Waals surface area (Å²) in [5.74, 6) is -3.50. The minimum Gasteiger partial charge on any atom is -0.504 e. The van der Waals surface area contributed by atoms with E-state index in [1.165, 1.54) is 42.0 Å². The first-order valence-corrected chi connectivity index (χ1v) is 16.1. The number of aromatic hydroxyl groups is 1. The van der Waals surface area contributed by atoms with Crippen LogP contribution in [0, 0.1) is 12.8 Å². The summed E-state index contributed by atoms with van der Waals surface area (Å²) in [6.45, 7) is 3.54. The summed E-state index contributed by atoms with van der Waals surface area (Å²) in [5.41, 5.74) is 2.74. The maximum absolute atomic E-state index is 14.2. The van der Waals surface area contributed by atoms with Gasteiger partial charge >= 0.3 is 10.8 Å². The minimum absolute atomic E-state index is 0.108. The smallest absolute Gasteiger partial charge is 0.338 e. The van der Waals surface area contributed by atoms with E-state index in [4.69, 9.17) is 9.47 Å². The van der Waals surface area contributed by atoms with Gasteiger partial charge in [-0.25, -0.2) is 9.69 Å². The zero-order valence-electron chi connectivity index (χ0n) is 25.0. The lowest BCUT2D eigenvalue weighted by atomic mass is 9.83. The quantitative estimate of drug-likeness (QED) is 0.206. The van der Waals surface area contributed by atoms with Crippen molar-refractivity contribution in [2.24, 2.45) is 5.92 Å². The van der Waals surface area contributed by atoms with Gasteiger partial charge in [-0.05, 0) is 67.9 Å². The maximum atomic E-state index is 14.2. The van der Waals surface area contributed by atoms with E-state index in [1.807, 2.05) is 19.1 Å². The summed E-state index contributed by atoms with van der Waals surface area (Å²) in [6, 6.07) is 17.9. The number of carbonyl (C=O) groups is 4. The van der Waals surface area contributed by atoms with E-state index in [-0.39, 0.29) is 30.2 Å². The van der Waals surface area contributed by atoms with Gasteiger partial charge < -0.3 is 19.9 Å². The highest BCUT2D eigenvalue weighted by Gasteiger charge is 2.57. The summed E-state index contributed by atoms with van der Waals surface area (Å²) >= 11 is 2.00. The molecule has 3 atom stereocenters. The number of carbonyl (C=O) groups excluding carboxylic acids is 4. The number of fused-ring (bicyclic) bond motifs is 2. The molecule has 0 aliphatic carbocycles. The van der Waals surface area contributed by atoms with Crippen LogP contribution in [0.2, 0.25) is 0 Å². The zero-order valence-corrected chi connectivity index (χ0v) is 26.6. The molecule has 2 aliphatic heterocycles. The molecule has 1 aromatic heterocycles. The predicted molar refractivity (Wildman–Crippen MR) is 173 cm³/mol. The number of hydrogen-bond acceptors (Lipinski definition) is 10. The third-order valence-electron chi connectivity index (χ3n) is 7.89. The Hall–Kier alpha value is -4.88. The van der Waals surface area contributed by atoms with Gasteiger partial charge in [0.15, 0.2) is 11.5 Å². The number of rotatable bonds is 8. The Labute approximate surface area is 271 Å². The van der Waals surface area contributed by atoms with Crippen molar-refractivity contribution in [3.63, 3.8) is 0 Å². The Morgan fingerprint density at radius 3 is 2.37 bits per heavy atom. The highest BCUT2D eigenvalue weighted by Crippen LogP contribution is 2.54. The number of anilines is 2. The van der Waals surface area contributed by atoms with E-state index < -0.39 is 45.6 Å². The Morgan fingerprint density at radius 2 is 1.70 bits per heavy atom. The maximum Gasteiger partial charge on any atom is 0.338 e. The first-order valence-electron chi connectivity index (χ1n) is 14.4. The number of methoxy groups -OCH3 is 1. The number of ether oxygens (including phenoxy) is 2. The summed E-state index contributed by atoms with van der Waals surface area (Å²) in [6.07, 6.45) is 0. The van der Waals surface area contributed by atoms with Gasteiger partial charge in [-0.1, -0.05) is 46.9 Å². The molecule has 0 radical (unpaired) electrons. The van der Waals surface area contributed by atoms with Crippen LogP contribution < -0.4 is 19.8 Å². The van der Waals surface area contributed by atoms with Gasteiger partial charge in [-0.3, -0.25) is 23.7 Å². The minimum atomic E-state index is -0.921. The molecule has 236 valence electrons. The Morgan fingerprint density at radius 1 is 0.978 bits per heavy atom. The van der Waals surface area contributed by atoms with Crippen molar-refractivity contribution in [3.05, 3.63) is 98.0 Å². The fraction of sp³-hybridized carbons (Fsp3) is 0.242. The normalized spacial score (nSPS) is 18.6. The van der Waals surface area contributed by atoms with Crippen LogP contribution in [-0.4, -0.2) is 52.3 Å². The fourth-order valence-electron chi connectivity index (χ4n) is 5.70. The number of esters is 1. The largest absolute Gasteiger partial charge is 0.504 e. The molecule has 3 aromatic carbocycles. The van der Waals surface area contributed by atoms with Gasteiger partial charge in [0.05, 0.1) is 35.9 Å². The number of amides is 3. The molecular formula is C33H29N3O8S2. The number of phenols is 1. The molecule has 6 rings (SSSR count). The summed E-state index contributed by atoms with van der Waals surface area (Å²) in [7, 11) is 1.40. The molecule has 4 aromatic rings. The standard InChI is InChI=1S/C33H29N3O8S2/c1-4-44-32(41)18-7-12-21(13-8-18)36-29(39)26-25(19-9-14-22(37)23(15-19)43-3)28-31(45-27(26)30(36)40)35(33(42)46-28)16-24(38)34-20-10-5-17(2)6-11-20/h5-15,25-27,37H,4,16H2,1-3H3,(H,34,38)/t25-,26+,27-/m0/s1. The zero-order chi connectivity index (χ0) is 32.7. The van der Waals surface area contributed by atoms with Crippen molar-refractivity contribution in [2.45, 2.75) is 36.6 Å². The van der Waals surface area contributed by atoms with Crippen LogP contribution in [0.5, 0.6) is 11.5 Å². The molecule has 46 heavy (non-hydrogen) atoms. The molecule has 0 unspecified atom stereocenters. The second-order valence-electron chi connectivity index (χ2n) is 10.8. The number of imide groups is 1. The van der Waals surface area contributed by atoms with Crippen LogP contribution in [-0.2, 0) is 25.7 Å². The summed E-state index contributed by atoms with van der Waals surface area (Å²) in [4.78, 5) is 68.1. The fourth-order valence-corrected chi connectivity index (χ4v) is 8.47. The van der Waals surface area contributed by atoms with Gasteiger partial charge in [0.25, 0.3) is 0 Å². The molecule has 11 nitrogen and oxygen atoms in total. The van der Waals surface area contributed by atoms with Crippen molar-refractivity contribution in [1.29, 1.82) is 0 Å². The van der Waals surface area contributed by atoms with Gasteiger partial charge in [-0.2, -0.15) is 0 Å². The third-order valence-corrected chi connectivity index (χ3v) is 10.5. The molecule has 1 fully saturated rings. The van der Waals surface area contributed by atoms with Crippen molar-refractivity contribution in [3.8, 4) is 11.5 Å². The Bertz CT molecular complexity index is 1920. The van der Waals surface area contributed by atoms with Crippen molar-refractivity contribution >= 4 is 58.2 Å². The van der Waals surface area contributed by atoms with Gasteiger partial charge in [0, 0.05) is 16.5 Å². The summed E-state index contributed by atoms with van der Waals surface area (Å²) in [5, 5.41) is 12.6. The molecule has 13 heteroatoms. The SMILES string of the molecule is CCOC(=O)c1ccc(N2C(=O)[C@@H]3[C@H](c4ccc(O)c(OC)c4)c4sc(=O)n(CC(=O)Nc5ccc(C)cc5)c4S[C@@H]3C2=O)cc1. The second-order valence-corrected chi connectivity index (χ2v) is 12.9. The van der Waals surface area contributed by atoms with E-state index in [0.717, 1.165) is 33.6 Å². The van der Waals surface area contributed by atoms with Crippen LogP contribution in [0.1, 0.15) is 39.2 Å². The highest BCUT2D eigenvalue weighted by molar-refractivity contribution is 8.00. The van der Waals surface area contributed by atoms with Gasteiger partial charge in [-0.15, -0.1) is 0 Å². The predicted octanol–water partition coefficient (Wildman–Crippen LogP) is 4.54. The van der Waals surface area contributed by atoms with E-state index >= 15 is 0 Å². The Kier molecular flexibility index (Phi) is 8.45. The average molecular weight is 660 g/mol. The number of aryl methyl sites for hydroxylation is 1. The second kappa shape index (κ2) is 12.5. The number of nitrogens with one attached hydrogen (secondary N) is 1. The number of phenolic OH excluding ortho intramolecular Hbond substituents is 1. The molecule has 3 heterocycles. The van der Waals surface area contributed by atoms with E-state index in [2.05, 4.69) is 5.32 Å². The Balaban J connectivity index is 1.39. The van der Waals surface area contributed by atoms with E-state index in [1.54, 1.807) is 31.2 Å². The first-order chi connectivity index (χ1) is 22.1. The lowest BCUT2D eigenvalue weighted by Gasteiger charge is -2.31. The van der Waals surface area contributed by atoms with Crippen LogP contribution >= 0.6 is 23.1 Å². The molecule has 0 bridgehead atoms. The van der Waals surface area contributed by atoms with Crippen LogP contribution in [0.3, 0.4) is 0 Å². The monoisotopic (exact) mass is 659 g/mol. The van der Waals surface area contributed by atoms with Crippen molar-refractivity contribution in [1.82, 2.24) is 4.57 Å². The van der Waals surface area contributed by atoms with Crippen molar-refractivity contribution < 1.29 is 33.8 Å². The summed E-state index contributed by atoms with van der Waals surface area (Å²) < 4.78 is 11.7. The number of aromatic nitrogens is 1. The topological polar surface area (TPSA) is 144 Å². The molecule has 3 amide bonds. The lowest BCUT2D eigenvalue weighted by Crippen LogP contribution is -2.33. The van der Waals surface area contributed by atoms with E-state index in [9.17, 15) is 29.1 Å². The molecule has 0 saturated carbocycles.